The fourth-order valence-corrected chi connectivity index (χ4v) is 3.17. The molecule has 136 valence electrons. The average molecular weight is 416 g/mol. The molecule has 2 aromatic rings. The number of ether oxygens (including phenoxy) is 1. The lowest BCUT2D eigenvalue weighted by molar-refractivity contribution is 0.104. The highest BCUT2D eigenvalue weighted by atomic mass is 79.9. The highest BCUT2D eigenvalue weighted by molar-refractivity contribution is 9.10. The van der Waals surface area contributed by atoms with Gasteiger partial charge in [-0.2, -0.15) is 0 Å². The summed E-state index contributed by atoms with van der Waals surface area (Å²) in [6.45, 7) is 3.87. The molecule has 0 aliphatic carbocycles. The molecule has 2 aromatic carbocycles. The lowest BCUT2D eigenvalue weighted by Gasteiger charge is -2.34. The van der Waals surface area contributed by atoms with Crippen LogP contribution in [0, 0.1) is 0 Å². The zero-order valence-electron chi connectivity index (χ0n) is 15.0. The van der Waals surface area contributed by atoms with Crippen LogP contribution in [0.4, 0.5) is 10.5 Å². The maximum Gasteiger partial charge on any atom is 0.409 e. The molecule has 0 fully saturated rings. The van der Waals surface area contributed by atoms with Gasteiger partial charge in [0.2, 0.25) is 0 Å². The first-order chi connectivity index (χ1) is 12.5. The molecule has 0 saturated heterocycles. The van der Waals surface area contributed by atoms with Gasteiger partial charge in [-0.25, -0.2) is 4.79 Å². The van der Waals surface area contributed by atoms with Crippen molar-refractivity contribution in [2.45, 2.75) is 26.1 Å². The number of benzene rings is 2. The van der Waals surface area contributed by atoms with Crippen LogP contribution in [-0.4, -0.2) is 24.3 Å². The number of hydrogen-bond donors (Lipinski definition) is 1. The molecule has 1 N–H and O–H groups in total. The summed E-state index contributed by atoms with van der Waals surface area (Å²) in [7, 11) is 1.97. The van der Waals surface area contributed by atoms with Gasteiger partial charge in [-0.05, 0) is 49.8 Å². The van der Waals surface area contributed by atoms with Crippen molar-refractivity contribution in [1.29, 1.82) is 0 Å². The summed E-state index contributed by atoms with van der Waals surface area (Å²) >= 11 is 3.45. The van der Waals surface area contributed by atoms with Gasteiger partial charge >= 0.3 is 6.09 Å². The number of halogens is 1. The number of alkyl carbamates (subject to hydrolysis) is 1. The second-order valence-electron chi connectivity index (χ2n) is 6.20. The van der Waals surface area contributed by atoms with Crippen molar-refractivity contribution in [3.8, 4) is 0 Å². The first-order valence-corrected chi connectivity index (χ1v) is 9.24. The summed E-state index contributed by atoms with van der Waals surface area (Å²) in [5.41, 5.74) is 2.99. The van der Waals surface area contributed by atoms with Crippen LogP contribution in [0.15, 0.2) is 70.8 Å². The van der Waals surface area contributed by atoms with Crippen LogP contribution < -0.4 is 10.3 Å². The summed E-state index contributed by atoms with van der Waals surface area (Å²) in [4.78, 5) is 12.4. The minimum Gasteiger partial charge on any atom is -0.442 e. The van der Waals surface area contributed by atoms with Crippen LogP contribution in [0.1, 0.15) is 25.5 Å². The summed E-state index contributed by atoms with van der Waals surface area (Å²) in [6, 6.07) is 17.6. The molecule has 2 unspecified atom stereocenters. The molecule has 1 heterocycles. The maximum atomic E-state index is 12.4. The van der Waals surface area contributed by atoms with Gasteiger partial charge < -0.3 is 4.74 Å². The van der Waals surface area contributed by atoms with Gasteiger partial charge in [0.25, 0.3) is 0 Å². The third-order valence-electron chi connectivity index (χ3n) is 4.41. The van der Waals surface area contributed by atoms with E-state index in [9.17, 15) is 4.79 Å². The van der Waals surface area contributed by atoms with E-state index >= 15 is 0 Å². The Morgan fingerprint density at radius 1 is 1.15 bits per heavy atom. The second-order valence-corrected chi connectivity index (χ2v) is 7.12. The Bertz CT molecular complexity index is 792. The fourth-order valence-electron chi connectivity index (χ4n) is 2.90. The van der Waals surface area contributed by atoms with Crippen molar-refractivity contribution in [2.75, 3.05) is 12.1 Å². The van der Waals surface area contributed by atoms with Crippen LogP contribution in [-0.2, 0) is 4.74 Å². The van der Waals surface area contributed by atoms with E-state index in [1.165, 1.54) is 0 Å². The number of rotatable bonds is 4. The predicted octanol–water partition coefficient (Wildman–Crippen LogP) is 4.83. The number of carbonyl (C=O) groups excluding carboxylic acids is 1. The van der Waals surface area contributed by atoms with Crippen LogP contribution in [0.25, 0.3) is 0 Å². The number of nitrogens with zero attached hydrogens (tertiary/aromatic N) is 2. The minimum absolute atomic E-state index is 0.309. The van der Waals surface area contributed by atoms with Crippen LogP contribution in [0.2, 0.25) is 0 Å². The topological polar surface area (TPSA) is 44.8 Å². The Kier molecular flexibility index (Phi) is 5.52. The molecule has 0 spiro atoms. The van der Waals surface area contributed by atoms with E-state index in [-0.39, 0.29) is 12.3 Å². The quantitative estimate of drug-likeness (QED) is 0.776. The van der Waals surface area contributed by atoms with Crippen molar-refractivity contribution in [1.82, 2.24) is 10.3 Å². The molecule has 1 amide bonds. The van der Waals surface area contributed by atoms with Gasteiger partial charge in [0, 0.05) is 17.2 Å². The Hall–Kier alpha value is -2.47. The Morgan fingerprint density at radius 3 is 2.46 bits per heavy atom. The first kappa shape index (κ1) is 18.3. The van der Waals surface area contributed by atoms with Crippen molar-refractivity contribution in [2.24, 2.45) is 0 Å². The number of carbonyl (C=O) groups is 1. The Labute approximate surface area is 162 Å². The molecule has 5 nitrogen and oxygen atoms in total. The van der Waals surface area contributed by atoms with Gasteiger partial charge in [-0.1, -0.05) is 46.3 Å². The molecule has 0 saturated carbocycles. The summed E-state index contributed by atoms with van der Waals surface area (Å²) in [6.07, 6.45) is 0.919. The lowest BCUT2D eigenvalue weighted by atomic mass is 10.1. The molecule has 6 heteroatoms. The zero-order valence-corrected chi connectivity index (χ0v) is 16.6. The lowest BCUT2D eigenvalue weighted by Crippen LogP contribution is -2.49. The van der Waals surface area contributed by atoms with E-state index in [2.05, 4.69) is 21.2 Å². The SMILES string of the molecule is CC1=CC(NC(=O)OC(C)c2ccccc2)N(c2ccc(Br)cc2)N1C. The number of allylic oxidation sites excluding steroid dienone is 1. The number of anilines is 1. The van der Waals surface area contributed by atoms with Crippen LogP contribution >= 0.6 is 15.9 Å². The van der Waals surface area contributed by atoms with E-state index in [4.69, 9.17) is 4.74 Å². The van der Waals surface area contributed by atoms with Crippen LogP contribution in [0.5, 0.6) is 0 Å². The number of nitrogens with one attached hydrogen (secondary N) is 1. The molecule has 0 bridgehead atoms. The van der Waals surface area contributed by atoms with Crippen molar-refractivity contribution < 1.29 is 9.53 Å². The molecule has 3 rings (SSSR count). The summed E-state index contributed by atoms with van der Waals surface area (Å²) in [5, 5.41) is 6.96. The summed E-state index contributed by atoms with van der Waals surface area (Å²) in [5.74, 6) is 0. The molecule has 26 heavy (non-hydrogen) atoms. The van der Waals surface area contributed by atoms with Crippen molar-refractivity contribution in [3.63, 3.8) is 0 Å². The normalized spacial score (nSPS) is 17.7. The largest absolute Gasteiger partial charge is 0.442 e. The van der Waals surface area contributed by atoms with Crippen molar-refractivity contribution in [3.05, 3.63) is 76.4 Å². The molecule has 1 aliphatic heterocycles. The van der Waals surface area contributed by atoms with Crippen molar-refractivity contribution >= 4 is 27.7 Å². The smallest absolute Gasteiger partial charge is 0.409 e. The Morgan fingerprint density at radius 2 is 1.81 bits per heavy atom. The maximum absolute atomic E-state index is 12.4. The molecule has 2 atom stereocenters. The number of hydrogen-bond acceptors (Lipinski definition) is 4. The molecular weight excluding hydrogens is 394 g/mol. The van der Waals surface area contributed by atoms with Gasteiger partial charge in [0.1, 0.15) is 12.3 Å². The predicted molar refractivity (Wildman–Crippen MR) is 106 cm³/mol. The van der Waals surface area contributed by atoms with E-state index in [0.29, 0.717) is 0 Å². The van der Waals surface area contributed by atoms with Gasteiger partial charge in [-0.3, -0.25) is 15.3 Å². The molecular formula is C20H22BrN3O2. The van der Waals surface area contributed by atoms with E-state index in [0.717, 1.165) is 21.4 Å². The standard InChI is InChI=1S/C20H22BrN3O2/c1-14-13-19(24(23(14)3)18-11-9-17(21)10-12-18)22-20(25)26-15(2)16-7-5-4-6-8-16/h4-13,15,19H,1-3H3,(H,22,25). The monoisotopic (exact) mass is 415 g/mol. The van der Waals surface area contributed by atoms with E-state index < -0.39 is 6.09 Å². The Balaban J connectivity index is 1.70. The molecule has 1 aliphatic rings. The third kappa shape index (κ3) is 4.02. The van der Waals surface area contributed by atoms with Gasteiger partial charge in [0.15, 0.2) is 0 Å². The van der Waals surface area contributed by atoms with E-state index in [1.54, 1.807) is 0 Å². The minimum atomic E-state index is -0.451. The van der Waals surface area contributed by atoms with Gasteiger partial charge in [0.05, 0.1) is 5.69 Å². The zero-order chi connectivity index (χ0) is 18.7. The van der Waals surface area contributed by atoms with E-state index in [1.807, 2.05) is 91.6 Å². The number of amides is 1. The van der Waals surface area contributed by atoms with Crippen LogP contribution in [0.3, 0.4) is 0 Å². The third-order valence-corrected chi connectivity index (χ3v) is 4.93. The summed E-state index contributed by atoms with van der Waals surface area (Å²) < 4.78 is 6.55. The highest BCUT2D eigenvalue weighted by Crippen LogP contribution is 2.28. The van der Waals surface area contributed by atoms with Gasteiger partial charge in [-0.15, -0.1) is 0 Å². The molecule has 0 radical (unpaired) electrons. The highest BCUT2D eigenvalue weighted by Gasteiger charge is 2.30. The molecule has 0 aromatic heterocycles. The second kappa shape index (κ2) is 7.83. The average Bonchev–Trinajstić information content (AvgIpc) is 2.90. The first-order valence-electron chi connectivity index (χ1n) is 8.44. The fraction of sp³-hybridized carbons (Fsp3) is 0.250. The number of hydrazine groups is 1.